The first-order chi connectivity index (χ1) is 17.8. The fourth-order valence-corrected chi connectivity index (χ4v) is 6.75. The SMILES string of the molecule is CCN1CCN(c2ccc(-c3cc(C(N)=O)c4[nH]cc(C5CCN(S(=O)(=O)CC)CC5)c4c3)cn2)CC1. The standard InChI is InChI=1S/C27H36N6O3S/c1-3-31-11-13-32(14-12-31)25-6-5-20(17-29-25)21-15-22-24(18-30-26(22)23(16-21)27(28)34)19-7-9-33(10-8-19)37(35,36)4-2/h5-6,15-19,30H,3-4,7-14H2,1-2H3,(H2,28,34). The zero-order chi connectivity index (χ0) is 26.2. The van der Waals surface area contributed by atoms with Gasteiger partial charge in [0.05, 0.1) is 16.8 Å². The van der Waals surface area contributed by atoms with E-state index >= 15 is 0 Å². The normalized spacial score (nSPS) is 18.5. The van der Waals surface area contributed by atoms with E-state index in [2.05, 4.69) is 33.8 Å². The molecule has 2 aliphatic heterocycles. The van der Waals surface area contributed by atoms with Crippen molar-refractivity contribution in [3.8, 4) is 11.1 Å². The number of carbonyl (C=O) groups is 1. The Kier molecular flexibility index (Phi) is 7.24. The van der Waals surface area contributed by atoms with Crippen molar-refractivity contribution in [1.29, 1.82) is 0 Å². The van der Waals surface area contributed by atoms with Crippen molar-refractivity contribution < 1.29 is 13.2 Å². The van der Waals surface area contributed by atoms with Crippen LogP contribution in [0.4, 0.5) is 5.82 Å². The van der Waals surface area contributed by atoms with Gasteiger partial charge in [0.25, 0.3) is 5.91 Å². The quantitative estimate of drug-likeness (QED) is 0.491. The van der Waals surface area contributed by atoms with E-state index in [1.165, 1.54) is 0 Å². The third-order valence-electron chi connectivity index (χ3n) is 7.96. The number of piperidine rings is 1. The lowest BCUT2D eigenvalue weighted by atomic mass is 9.88. The molecule has 0 unspecified atom stereocenters. The number of aromatic nitrogens is 2. The number of rotatable bonds is 7. The minimum Gasteiger partial charge on any atom is -0.366 e. The average Bonchev–Trinajstić information content (AvgIpc) is 3.36. The summed E-state index contributed by atoms with van der Waals surface area (Å²) in [5.41, 5.74) is 9.88. The number of H-pyrrole nitrogens is 1. The molecule has 9 nitrogen and oxygen atoms in total. The first-order valence-electron chi connectivity index (χ1n) is 13.2. The number of likely N-dealkylation sites (N-methyl/N-ethyl adjacent to an activating group) is 1. The Morgan fingerprint density at radius 2 is 1.78 bits per heavy atom. The van der Waals surface area contributed by atoms with Crippen LogP contribution in [-0.2, 0) is 10.0 Å². The van der Waals surface area contributed by atoms with Crippen LogP contribution in [-0.4, -0.2) is 85.1 Å². The predicted octanol–water partition coefficient (Wildman–Crippen LogP) is 3.00. The number of amides is 1. The molecule has 0 bridgehead atoms. The first-order valence-corrected chi connectivity index (χ1v) is 14.8. The van der Waals surface area contributed by atoms with E-state index in [0.717, 1.165) is 79.0 Å². The maximum Gasteiger partial charge on any atom is 0.250 e. The van der Waals surface area contributed by atoms with E-state index in [-0.39, 0.29) is 11.7 Å². The van der Waals surface area contributed by atoms with E-state index in [9.17, 15) is 13.2 Å². The van der Waals surface area contributed by atoms with Gasteiger partial charge in [-0.15, -0.1) is 0 Å². The van der Waals surface area contributed by atoms with Crippen LogP contribution in [0.25, 0.3) is 22.0 Å². The largest absolute Gasteiger partial charge is 0.366 e. The molecule has 2 fully saturated rings. The van der Waals surface area contributed by atoms with E-state index < -0.39 is 15.9 Å². The van der Waals surface area contributed by atoms with Crippen LogP contribution in [0.15, 0.2) is 36.7 Å². The second-order valence-electron chi connectivity index (χ2n) is 9.95. The Morgan fingerprint density at radius 1 is 1.05 bits per heavy atom. The van der Waals surface area contributed by atoms with Crippen molar-refractivity contribution >= 4 is 32.7 Å². The molecular formula is C27H36N6O3S. The molecule has 0 spiro atoms. The zero-order valence-corrected chi connectivity index (χ0v) is 22.4. The van der Waals surface area contributed by atoms with Gasteiger partial charge in [0.1, 0.15) is 5.82 Å². The molecule has 10 heteroatoms. The molecule has 0 radical (unpaired) electrons. The number of nitrogens with zero attached hydrogens (tertiary/aromatic N) is 4. The van der Waals surface area contributed by atoms with Crippen molar-refractivity contribution in [1.82, 2.24) is 19.2 Å². The second kappa shape index (κ2) is 10.4. The number of hydrogen-bond acceptors (Lipinski definition) is 6. The number of anilines is 1. The van der Waals surface area contributed by atoms with Gasteiger partial charge >= 0.3 is 0 Å². The van der Waals surface area contributed by atoms with Crippen LogP contribution in [0.1, 0.15) is 48.5 Å². The lowest BCUT2D eigenvalue weighted by Crippen LogP contribution is -2.46. The van der Waals surface area contributed by atoms with Crippen molar-refractivity contribution in [3.63, 3.8) is 0 Å². The van der Waals surface area contributed by atoms with Gasteiger partial charge in [-0.2, -0.15) is 0 Å². The second-order valence-corrected chi connectivity index (χ2v) is 12.2. The highest BCUT2D eigenvalue weighted by molar-refractivity contribution is 7.89. The molecule has 2 saturated heterocycles. The fourth-order valence-electron chi connectivity index (χ4n) is 5.62. The molecular weight excluding hydrogens is 488 g/mol. The van der Waals surface area contributed by atoms with Crippen LogP contribution in [0.5, 0.6) is 0 Å². The number of primary amides is 1. The average molecular weight is 525 g/mol. The fraction of sp³-hybridized carbons (Fsp3) is 0.481. The molecule has 0 aliphatic carbocycles. The lowest BCUT2D eigenvalue weighted by Gasteiger charge is -2.34. The third kappa shape index (κ3) is 5.10. The number of benzene rings is 1. The van der Waals surface area contributed by atoms with Crippen LogP contribution < -0.4 is 10.6 Å². The molecule has 37 heavy (non-hydrogen) atoms. The molecule has 2 aromatic heterocycles. The van der Waals surface area contributed by atoms with E-state index in [1.54, 1.807) is 11.2 Å². The number of hydrogen-bond donors (Lipinski definition) is 2. The summed E-state index contributed by atoms with van der Waals surface area (Å²) in [5, 5.41) is 0.961. The molecule has 1 aromatic carbocycles. The number of carbonyl (C=O) groups excluding carboxylic acids is 1. The first kappa shape index (κ1) is 25.7. The Bertz CT molecular complexity index is 1370. The van der Waals surface area contributed by atoms with Crippen LogP contribution >= 0.6 is 0 Å². The van der Waals surface area contributed by atoms with E-state index in [1.807, 2.05) is 24.5 Å². The Morgan fingerprint density at radius 3 is 2.38 bits per heavy atom. The summed E-state index contributed by atoms with van der Waals surface area (Å²) in [7, 11) is -3.18. The molecule has 3 N–H and O–H groups in total. The predicted molar refractivity (Wildman–Crippen MR) is 147 cm³/mol. The molecule has 2 aliphatic rings. The molecule has 3 aromatic rings. The number of nitrogens with one attached hydrogen (secondary N) is 1. The highest BCUT2D eigenvalue weighted by Gasteiger charge is 2.29. The minimum atomic E-state index is -3.18. The van der Waals surface area contributed by atoms with Crippen molar-refractivity contribution in [2.75, 3.05) is 56.5 Å². The minimum absolute atomic E-state index is 0.123. The van der Waals surface area contributed by atoms with Crippen molar-refractivity contribution in [2.45, 2.75) is 32.6 Å². The summed E-state index contributed by atoms with van der Waals surface area (Å²) >= 11 is 0. The third-order valence-corrected chi connectivity index (χ3v) is 9.85. The summed E-state index contributed by atoms with van der Waals surface area (Å²) in [6.45, 7) is 9.96. The topological polar surface area (TPSA) is 116 Å². The maximum absolute atomic E-state index is 12.4. The van der Waals surface area contributed by atoms with Gasteiger partial charge in [0.15, 0.2) is 0 Å². The highest BCUT2D eigenvalue weighted by atomic mass is 32.2. The molecule has 1 amide bonds. The Hall–Kier alpha value is -2.95. The van der Waals surface area contributed by atoms with Gasteiger partial charge in [-0.1, -0.05) is 6.92 Å². The number of aromatic amines is 1. The smallest absolute Gasteiger partial charge is 0.250 e. The summed E-state index contributed by atoms with van der Waals surface area (Å²) in [6, 6.07) is 8.03. The van der Waals surface area contributed by atoms with E-state index in [0.29, 0.717) is 18.7 Å². The number of piperazine rings is 1. The molecule has 0 atom stereocenters. The Labute approximate surface area is 218 Å². The van der Waals surface area contributed by atoms with Gasteiger partial charge in [-0.25, -0.2) is 17.7 Å². The summed E-state index contributed by atoms with van der Waals surface area (Å²) in [4.78, 5) is 25.1. The Balaban J connectivity index is 1.42. The van der Waals surface area contributed by atoms with Gasteiger partial charge in [-0.05, 0) is 67.6 Å². The number of nitrogens with two attached hydrogens (primary N) is 1. The maximum atomic E-state index is 12.4. The van der Waals surface area contributed by atoms with E-state index in [4.69, 9.17) is 10.7 Å². The molecule has 198 valence electrons. The highest BCUT2D eigenvalue weighted by Crippen LogP contribution is 2.37. The molecule has 4 heterocycles. The van der Waals surface area contributed by atoms with Crippen LogP contribution in [0, 0.1) is 0 Å². The van der Waals surface area contributed by atoms with Crippen molar-refractivity contribution in [2.24, 2.45) is 5.73 Å². The van der Waals surface area contributed by atoms with Crippen molar-refractivity contribution in [3.05, 3.63) is 47.8 Å². The van der Waals surface area contributed by atoms with Gasteiger partial charge < -0.3 is 20.5 Å². The molecule has 5 rings (SSSR count). The number of pyridine rings is 1. The number of sulfonamides is 1. The van der Waals surface area contributed by atoms with Gasteiger partial charge in [-0.3, -0.25) is 4.79 Å². The van der Waals surface area contributed by atoms with Crippen LogP contribution in [0.3, 0.4) is 0 Å². The lowest BCUT2D eigenvalue weighted by molar-refractivity contribution is 0.100. The number of fused-ring (bicyclic) bond motifs is 1. The summed E-state index contributed by atoms with van der Waals surface area (Å²) < 4.78 is 26.2. The summed E-state index contributed by atoms with van der Waals surface area (Å²) in [5.74, 6) is 0.808. The van der Waals surface area contributed by atoms with Gasteiger partial charge in [0, 0.05) is 62.6 Å². The molecule has 0 saturated carbocycles. The zero-order valence-electron chi connectivity index (χ0n) is 21.6. The monoisotopic (exact) mass is 524 g/mol. The van der Waals surface area contributed by atoms with Gasteiger partial charge in [0.2, 0.25) is 10.0 Å². The summed E-state index contributed by atoms with van der Waals surface area (Å²) in [6.07, 6.45) is 5.30. The van der Waals surface area contributed by atoms with Crippen LogP contribution in [0.2, 0.25) is 0 Å².